The summed E-state index contributed by atoms with van der Waals surface area (Å²) in [7, 11) is 0. The molecule has 1 fully saturated rings. The van der Waals surface area contributed by atoms with E-state index in [2.05, 4.69) is 4.90 Å². The summed E-state index contributed by atoms with van der Waals surface area (Å²) in [5, 5.41) is 0. The van der Waals surface area contributed by atoms with Crippen molar-refractivity contribution in [3.63, 3.8) is 0 Å². The van der Waals surface area contributed by atoms with E-state index >= 15 is 0 Å². The molecule has 19 heavy (non-hydrogen) atoms. The molecule has 0 aromatic rings. The number of esters is 1. The maximum Gasteiger partial charge on any atom is 0.307 e. The lowest BCUT2D eigenvalue weighted by molar-refractivity contribution is -0.144. The summed E-state index contributed by atoms with van der Waals surface area (Å²) in [6, 6.07) is 0.480. The predicted octanol–water partition coefficient (Wildman–Crippen LogP) is 1.27. The van der Waals surface area contributed by atoms with Crippen molar-refractivity contribution in [1.82, 2.24) is 9.80 Å². The second-order valence-electron chi connectivity index (χ2n) is 4.82. The number of likely N-dealkylation sites (N-methyl/N-ethyl adjacent to an activating group) is 1. The normalized spacial score (nSPS) is 14.5. The second-order valence-corrected chi connectivity index (χ2v) is 4.82. The molecule has 5 nitrogen and oxygen atoms in total. The van der Waals surface area contributed by atoms with Crippen LogP contribution >= 0.6 is 0 Å². The Balaban J connectivity index is 2.40. The average Bonchev–Trinajstić information content (AvgIpc) is 3.20. The summed E-state index contributed by atoms with van der Waals surface area (Å²) in [4.78, 5) is 27.4. The topological polar surface area (TPSA) is 49.9 Å². The first kappa shape index (κ1) is 16.0. The summed E-state index contributed by atoms with van der Waals surface area (Å²) in [6.07, 6.45) is 2.64. The Kier molecular flexibility index (Phi) is 6.84. The molecule has 1 saturated carbocycles. The highest BCUT2D eigenvalue weighted by atomic mass is 16.5. The van der Waals surface area contributed by atoms with Crippen LogP contribution in [-0.4, -0.2) is 60.5 Å². The zero-order valence-electron chi connectivity index (χ0n) is 12.4. The minimum absolute atomic E-state index is 0.153. The fraction of sp³-hybridized carbons (Fsp3) is 0.857. The molecule has 5 heteroatoms. The number of carbonyl (C=O) groups is 2. The Morgan fingerprint density at radius 1 is 1.16 bits per heavy atom. The van der Waals surface area contributed by atoms with E-state index < -0.39 is 0 Å². The SMILES string of the molecule is CCOC(=O)CCN(CC(=O)N(CC)CC)C1CC1. The molecule has 0 spiro atoms. The first-order valence-corrected chi connectivity index (χ1v) is 7.29. The van der Waals surface area contributed by atoms with E-state index in [0.29, 0.717) is 32.2 Å². The van der Waals surface area contributed by atoms with Crippen LogP contribution in [0.15, 0.2) is 0 Å². The van der Waals surface area contributed by atoms with Gasteiger partial charge in [-0.3, -0.25) is 14.5 Å². The molecule has 0 bridgehead atoms. The molecule has 0 aliphatic heterocycles. The zero-order chi connectivity index (χ0) is 14.3. The first-order valence-electron chi connectivity index (χ1n) is 7.29. The largest absolute Gasteiger partial charge is 0.466 e. The van der Waals surface area contributed by atoms with E-state index in [4.69, 9.17) is 4.74 Å². The van der Waals surface area contributed by atoms with Crippen molar-refractivity contribution in [3.05, 3.63) is 0 Å². The number of carbonyl (C=O) groups excluding carboxylic acids is 2. The van der Waals surface area contributed by atoms with E-state index in [1.807, 2.05) is 18.7 Å². The molecule has 0 saturated heterocycles. The van der Waals surface area contributed by atoms with E-state index in [9.17, 15) is 9.59 Å². The van der Waals surface area contributed by atoms with Crippen molar-refractivity contribution in [2.75, 3.05) is 32.8 Å². The van der Waals surface area contributed by atoms with Crippen molar-refractivity contribution < 1.29 is 14.3 Å². The predicted molar refractivity (Wildman–Crippen MR) is 73.8 cm³/mol. The Bertz CT molecular complexity index is 299. The van der Waals surface area contributed by atoms with Gasteiger partial charge in [-0.1, -0.05) is 0 Å². The average molecular weight is 270 g/mol. The van der Waals surface area contributed by atoms with Crippen molar-refractivity contribution in [2.24, 2.45) is 0 Å². The molecule has 0 heterocycles. The summed E-state index contributed by atoms with van der Waals surface area (Å²) < 4.78 is 4.93. The Morgan fingerprint density at radius 3 is 2.26 bits per heavy atom. The van der Waals surface area contributed by atoms with Crippen LogP contribution in [0.1, 0.15) is 40.0 Å². The highest BCUT2D eigenvalue weighted by Crippen LogP contribution is 2.26. The molecule has 1 aliphatic carbocycles. The maximum absolute atomic E-state index is 12.1. The number of hydrogen-bond donors (Lipinski definition) is 0. The van der Waals surface area contributed by atoms with Crippen LogP contribution in [0.2, 0.25) is 0 Å². The smallest absolute Gasteiger partial charge is 0.307 e. The van der Waals surface area contributed by atoms with Crippen molar-refractivity contribution in [3.8, 4) is 0 Å². The minimum atomic E-state index is -0.177. The van der Waals surface area contributed by atoms with Gasteiger partial charge in [0.25, 0.3) is 0 Å². The highest BCUT2D eigenvalue weighted by Gasteiger charge is 2.31. The molecule has 0 radical (unpaired) electrons. The fourth-order valence-corrected chi connectivity index (χ4v) is 2.15. The van der Waals surface area contributed by atoms with Crippen LogP contribution in [0.25, 0.3) is 0 Å². The van der Waals surface area contributed by atoms with Gasteiger partial charge in [0.1, 0.15) is 0 Å². The quantitative estimate of drug-likeness (QED) is 0.592. The molecule has 0 aromatic heterocycles. The standard InChI is InChI=1S/C14H26N2O3/c1-4-15(5-2)13(17)11-16(12-7-8-12)10-9-14(18)19-6-3/h12H,4-11H2,1-3H3. The van der Waals surface area contributed by atoms with E-state index in [1.54, 1.807) is 6.92 Å². The Hall–Kier alpha value is -1.10. The van der Waals surface area contributed by atoms with Gasteiger partial charge in [0.15, 0.2) is 0 Å². The molecule has 0 N–H and O–H groups in total. The Morgan fingerprint density at radius 2 is 1.79 bits per heavy atom. The molecule has 0 atom stereocenters. The third-order valence-corrected chi connectivity index (χ3v) is 3.43. The van der Waals surface area contributed by atoms with Crippen LogP contribution in [0.4, 0.5) is 0 Å². The maximum atomic E-state index is 12.1. The summed E-state index contributed by atoms with van der Waals surface area (Å²) in [6.45, 7) is 8.73. The van der Waals surface area contributed by atoms with Gasteiger partial charge in [0.05, 0.1) is 19.6 Å². The molecule has 1 aliphatic rings. The van der Waals surface area contributed by atoms with Gasteiger partial charge in [-0.05, 0) is 33.6 Å². The van der Waals surface area contributed by atoms with Gasteiger partial charge >= 0.3 is 5.97 Å². The summed E-state index contributed by atoms with van der Waals surface area (Å²) in [5.41, 5.74) is 0. The first-order chi connectivity index (χ1) is 9.12. The molecular formula is C14H26N2O3. The van der Waals surface area contributed by atoms with Crippen LogP contribution in [-0.2, 0) is 14.3 Å². The molecular weight excluding hydrogens is 244 g/mol. The fourth-order valence-electron chi connectivity index (χ4n) is 2.15. The lowest BCUT2D eigenvalue weighted by atomic mass is 10.3. The zero-order valence-corrected chi connectivity index (χ0v) is 12.4. The summed E-state index contributed by atoms with van der Waals surface area (Å²) in [5.74, 6) is -0.0239. The Labute approximate surface area is 115 Å². The molecule has 0 unspecified atom stereocenters. The van der Waals surface area contributed by atoms with E-state index in [-0.39, 0.29) is 11.9 Å². The molecule has 0 aromatic carbocycles. The van der Waals surface area contributed by atoms with Crippen LogP contribution < -0.4 is 0 Å². The summed E-state index contributed by atoms with van der Waals surface area (Å²) >= 11 is 0. The lowest BCUT2D eigenvalue weighted by Gasteiger charge is -2.25. The van der Waals surface area contributed by atoms with Gasteiger partial charge in [-0.15, -0.1) is 0 Å². The number of rotatable bonds is 9. The minimum Gasteiger partial charge on any atom is -0.466 e. The third kappa shape index (κ3) is 5.59. The van der Waals surface area contributed by atoms with E-state index in [1.165, 1.54) is 0 Å². The van der Waals surface area contributed by atoms with Gasteiger partial charge in [-0.25, -0.2) is 0 Å². The van der Waals surface area contributed by atoms with Crippen LogP contribution in [0, 0.1) is 0 Å². The third-order valence-electron chi connectivity index (χ3n) is 3.43. The number of ether oxygens (including phenoxy) is 1. The number of amides is 1. The van der Waals surface area contributed by atoms with E-state index in [0.717, 1.165) is 25.9 Å². The lowest BCUT2D eigenvalue weighted by Crippen LogP contribution is -2.42. The van der Waals surface area contributed by atoms with Gasteiger partial charge in [0, 0.05) is 25.7 Å². The second kappa shape index (κ2) is 8.15. The molecule has 1 amide bonds. The van der Waals surface area contributed by atoms with Crippen LogP contribution in [0.5, 0.6) is 0 Å². The van der Waals surface area contributed by atoms with Crippen molar-refractivity contribution in [1.29, 1.82) is 0 Å². The van der Waals surface area contributed by atoms with Crippen molar-refractivity contribution >= 4 is 11.9 Å². The molecule has 110 valence electrons. The van der Waals surface area contributed by atoms with Crippen molar-refractivity contribution in [2.45, 2.75) is 46.1 Å². The van der Waals surface area contributed by atoms with Crippen LogP contribution in [0.3, 0.4) is 0 Å². The van der Waals surface area contributed by atoms with Gasteiger partial charge in [-0.2, -0.15) is 0 Å². The number of nitrogens with zero attached hydrogens (tertiary/aromatic N) is 2. The monoisotopic (exact) mass is 270 g/mol. The molecule has 1 rings (SSSR count). The highest BCUT2D eigenvalue weighted by molar-refractivity contribution is 5.78. The van der Waals surface area contributed by atoms with Gasteiger partial charge in [0.2, 0.25) is 5.91 Å². The number of hydrogen-bond acceptors (Lipinski definition) is 4. The van der Waals surface area contributed by atoms with Gasteiger partial charge < -0.3 is 9.64 Å².